The number of ether oxygens (including phenoxy) is 2. The molecule has 14 nitrogen and oxygen atoms in total. The zero-order valence-corrected chi connectivity index (χ0v) is 34.4. The SMILES string of the molecule is COC(=O)NC(C(=O)N1CCCC1c1ncc(-c2ccc(-c3ccc(-c4cnc(C5CCCN5C(=O)C(NC(=O)OC)C(C)C)[nH]4)c4c3CCCC4)cc2)[nH]1)C(C)C. The highest BCUT2D eigenvalue weighted by Gasteiger charge is 2.39. The van der Waals surface area contributed by atoms with Crippen LogP contribution in [0.15, 0.2) is 48.8 Å². The molecular weight excluding hydrogens is 737 g/mol. The minimum atomic E-state index is -0.686. The lowest BCUT2D eigenvalue weighted by molar-refractivity contribution is -0.136. The number of benzene rings is 2. The number of imidazole rings is 2. The molecule has 1 aliphatic carbocycles. The maximum absolute atomic E-state index is 13.7. The van der Waals surface area contributed by atoms with Gasteiger partial charge in [-0.2, -0.15) is 0 Å². The van der Waals surface area contributed by atoms with Gasteiger partial charge in [-0.1, -0.05) is 64.1 Å². The van der Waals surface area contributed by atoms with Gasteiger partial charge in [0.15, 0.2) is 0 Å². The smallest absolute Gasteiger partial charge is 0.407 e. The van der Waals surface area contributed by atoms with E-state index in [9.17, 15) is 19.2 Å². The number of aromatic nitrogens is 4. The third-order valence-electron chi connectivity index (χ3n) is 12.0. The van der Waals surface area contributed by atoms with Crippen molar-refractivity contribution >= 4 is 24.0 Å². The number of carbonyl (C=O) groups excluding carboxylic acids is 4. The molecule has 4 amide bonds. The maximum Gasteiger partial charge on any atom is 0.407 e. The fourth-order valence-corrected chi connectivity index (χ4v) is 8.90. The number of nitrogens with zero attached hydrogens (tertiary/aromatic N) is 4. The summed E-state index contributed by atoms with van der Waals surface area (Å²) in [6.45, 7) is 8.85. The van der Waals surface area contributed by atoms with E-state index in [1.165, 1.54) is 30.9 Å². The molecule has 4 aromatic rings. The van der Waals surface area contributed by atoms with Gasteiger partial charge in [-0.3, -0.25) is 9.59 Å². The third-order valence-corrected chi connectivity index (χ3v) is 12.0. The van der Waals surface area contributed by atoms with Gasteiger partial charge in [0.1, 0.15) is 23.7 Å². The van der Waals surface area contributed by atoms with Gasteiger partial charge in [0.2, 0.25) is 11.8 Å². The van der Waals surface area contributed by atoms with Crippen LogP contribution < -0.4 is 10.6 Å². The molecule has 14 heteroatoms. The predicted molar refractivity (Wildman–Crippen MR) is 219 cm³/mol. The summed E-state index contributed by atoms with van der Waals surface area (Å²) >= 11 is 0. The second kappa shape index (κ2) is 17.5. The van der Waals surface area contributed by atoms with Crippen molar-refractivity contribution in [2.24, 2.45) is 11.8 Å². The summed E-state index contributed by atoms with van der Waals surface area (Å²) in [6.07, 6.45) is 9.98. The van der Waals surface area contributed by atoms with Crippen molar-refractivity contribution in [3.05, 3.63) is 71.6 Å². The normalized spacial score (nSPS) is 18.9. The van der Waals surface area contributed by atoms with Crippen LogP contribution in [0.5, 0.6) is 0 Å². The molecule has 0 bridgehead atoms. The van der Waals surface area contributed by atoms with Crippen molar-refractivity contribution in [3.8, 4) is 33.6 Å². The summed E-state index contributed by atoms with van der Waals surface area (Å²) in [5.41, 5.74) is 9.02. The van der Waals surface area contributed by atoms with E-state index >= 15 is 0 Å². The molecule has 4 atom stereocenters. The number of carbonyl (C=O) groups is 4. The molecule has 4 unspecified atom stereocenters. The minimum absolute atomic E-state index is 0.103. The van der Waals surface area contributed by atoms with Crippen LogP contribution >= 0.6 is 0 Å². The second-order valence-electron chi connectivity index (χ2n) is 16.4. The number of H-pyrrole nitrogens is 2. The maximum atomic E-state index is 13.7. The van der Waals surface area contributed by atoms with Crippen molar-refractivity contribution in [1.82, 2.24) is 40.4 Å². The molecule has 308 valence electrons. The lowest BCUT2D eigenvalue weighted by Gasteiger charge is -2.30. The predicted octanol–water partition coefficient (Wildman–Crippen LogP) is 7.10. The van der Waals surface area contributed by atoms with Gasteiger partial charge in [-0.05, 0) is 91.0 Å². The topological polar surface area (TPSA) is 175 Å². The molecule has 7 rings (SSSR count). The quantitative estimate of drug-likeness (QED) is 0.124. The van der Waals surface area contributed by atoms with Gasteiger partial charge in [0.05, 0.1) is 50.1 Å². The number of methoxy groups -OCH3 is 2. The number of fused-ring (bicyclic) bond motifs is 1. The molecule has 0 saturated carbocycles. The molecule has 58 heavy (non-hydrogen) atoms. The Morgan fingerprint density at radius 3 is 1.59 bits per heavy atom. The lowest BCUT2D eigenvalue weighted by atomic mass is 9.82. The van der Waals surface area contributed by atoms with Crippen LogP contribution in [0.25, 0.3) is 33.6 Å². The molecule has 2 saturated heterocycles. The highest BCUT2D eigenvalue weighted by Crippen LogP contribution is 2.40. The van der Waals surface area contributed by atoms with Gasteiger partial charge >= 0.3 is 12.2 Å². The van der Waals surface area contributed by atoms with E-state index in [0.717, 1.165) is 91.1 Å². The Hall–Kier alpha value is -5.66. The Morgan fingerprint density at radius 1 is 0.638 bits per heavy atom. The number of alkyl carbamates (subject to hydrolysis) is 2. The molecule has 0 radical (unpaired) electrons. The lowest BCUT2D eigenvalue weighted by Crippen LogP contribution is -2.51. The van der Waals surface area contributed by atoms with Crippen LogP contribution in [-0.4, -0.2) is 93.1 Å². The van der Waals surface area contributed by atoms with Gasteiger partial charge < -0.3 is 39.9 Å². The number of aromatic amines is 2. The second-order valence-corrected chi connectivity index (χ2v) is 16.4. The average Bonchev–Trinajstić information content (AvgIpc) is 4.08. The first kappa shape index (κ1) is 40.5. The van der Waals surface area contributed by atoms with Crippen LogP contribution in [0.3, 0.4) is 0 Å². The van der Waals surface area contributed by atoms with E-state index in [4.69, 9.17) is 19.4 Å². The first-order valence-electron chi connectivity index (χ1n) is 20.6. The standard InChI is InChI=1S/C44H56N8O6/c1-25(2)37(49-43(55)57-5)41(53)51-21-9-13-35(51)39-45-23-33(47-39)28-17-15-27(16-18-28)29-19-20-32(31-12-8-7-11-30(29)31)34-24-46-40(48-34)36-14-10-22-52(36)42(54)38(26(3)4)50-44(56)58-6/h15-20,23-26,35-38H,7-14,21-22H2,1-6H3,(H,45,47)(H,46,48)(H,49,55)(H,50,56). The number of amides is 4. The van der Waals surface area contributed by atoms with Gasteiger partial charge in [-0.25, -0.2) is 19.6 Å². The van der Waals surface area contributed by atoms with E-state index in [0.29, 0.717) is 13.1 Å². The van der Waals surface area contributed by atoms with Crippen LogP contribution in [0.1, 0.15) is 101 Å². The Morgan fingerprint density at radius 2 is 1.09 bits per heavy atom. The first-order valence-corrected chi connectivity index (χ1v) is 20.6. The Bertz CT molecular complexity index is 2120. The molecule has 2 aliphatic heterocycles. The van der Waals surface area contributed by atoms with E-state index in [1.54, 1.807) is 0 Å². The van der Waals surface area contributed by atoms with Crippen molar-refractivity contribution in [2.75, 3.05) is 27.3 Å². The van der Waals surface area contributed by atoms with E-state index in [-0.39, 0.29) is 35.7 Å². The molecule has 2 fully saturated rings. The monoisotopic (exact) mass is 792 g/mol. The summed E-state index contributed by atoms with van der Waals surface area (Å²) in [4.78, 5) is 71.7. The van der Waals surface area contributed by atoms with Gasteiger partial charge in [0.25, 0.3) is 0 Å². The van der Waals surface area contributed by atoms with Gasteiger partial charge in [-0.15, -0.1) is 0 Å². The first-order chi connectivity index (χ1) is 28.0. The zero-order valence-electron chi connectivity index (χ0n) is 34.4. The fraction of sp³-hybridized carbons (Fsp3) is 0.500. The Kier molecular flexibility index (Phi) is 12.2. The van der Waals surface area contributed by atoms with Crippen molar-refractivity contribution in [2.45, 2.75) is 103 Å². The van der Waals surface area contributed by atoms with Crippen molar-refractivity contribution in [1.29, 1.82) is 0 Å². The average molecular weight is 793 g/mol. The van der Waals surface area contributed by atoms with E-state index in [1.807, 2.05) is 49.9 Å². The summed E-state index contributed by atoms with van der Waals surface area (Å²) < 4.78 is 9.57. The minimum Gasteiger partial charge on any atom is -0.453 e. The van der Waals surface area contributed by atoms with Crippen LogP contribution in [0.2, 0.25) is 0 Å². The Labute approximate surface area is 339 Å². The molecule has 2 aromatic carbocycles. The van der Waals surface area contributed by atoms with E-state index < -0.39 is 24.3 Å². The van der Waals surface area contributed by atoms with Crippen molar-refractivity contribution in [3.63, 3.8) is 0 Å². The molecule has 4 N–H and O–H groups in total. The fourth-order valence-electron chi connectivity index (χ4n) is 8.90. The summed E-state index contributed by atoms with van der Waals surface area (Å²) in [5.74, 6) is 1.03. The van der Waals surface area contributed by atoms with Crippen molar-refractivity contribution < 1.29 is 28.7 Å². The summed E-state index contributed by atoms with van der Waals surface area (Å²) in [7, 11) is 2.60. The largest absolute Gasteiger partial charge is 0.453 e. The Balaban J connectivity index is 1.08. The van der Waals surface area contributed by atoms with Crippen LogP contribution in [0, 0.1) is 11.8 Å². The molecule has 2 aromatic heterocycles. The highest BCUT2D eigenvalue weighted by molar-refractivity contribution is 5.87. The highest BCUT2D eigenvalue weighted by atomic mass is 16.5. The zero-order chi connectivity index (χ0) is 41.1. The van der Waals surface area contributed by atoms with Gasteiger partial charge in [0, 0.05) is 18.7 Å². The number of likely N-dealkylation sites (tertiary alicyclic amines) is 2. The molecular formula is C44H56N8O6. The summed E-state index contributed by atoms with van der Waals surface area (Å²) in [5, 5.41) is 5.44. The number of hydrogen-bond acceptors (Lipinski definition) is 8. The molecule has 3 aliphatic rings. The molecule has 0 spiro atoms. The number of hydrogen-bond donors (Lipinski definition) is 4. The molecule has 4 heterocycles. The van der Waals surface area contributed by atoms with Crippen LogP contribution in [0.4, 0.5) is 9.59 Å². The summed E-state index contributed by atoms with van der Waals surface area (Å²) in [6, 6.07) is 11.2. The van der Waals surface area contributed by atoms with Crippen LogP contribution in [-0.2, 0) is 31.9 Å². The number of nitrogens with one attached hydrogen (secondary N) is 4. The number of rotatable bonds is 11. The van der Waals surface area contributed by atoms with E-state index in [2.05, 4.69) is 57.0 Å². The third kappa shape index (κ3) is 8.19.